The van der Waals surface area contributed by atoms with E-state index < -0.39 is 0 Å². The van der Waals surface area contributed by atoms with E-state index >= 15 is 0 Å². The van der Waals surface area contributed by atoms with Crippen LogP contribution in [0.4, 0.5) is 5.13 Å². The van der Waals surface area contributed by atoms with Gasteiger partial charge in [0.2, 0.25) is 10.1 Å². The fourth-order valence-corrected chi connectivity index (χ4v) is 2.83. The summed E-state index contributed by atoms with van der Waals surface area (Å²) in [5.74, 6) is 0.847. The first-order valence-corrected chi connectivity index (χ1v) is 7.46. The fourth-order valence-electron chi connectivity index (χ4n) is 2.10. The van der Waals surface area contributed by atoms with Crippen molar-refractivity contribution >= 4 is 22.4 Å². The van der Waals surface area contributed by atoms with Gasteiger partial charge in [0.1, 0.15) is 5.82 Å². The van der Waals surface area contributed by atoms with Gasteiger partial charge < -0.3 is 14.8 Å². The van der Waals surface area contributed by atoms with Gasteiger partial charge in [-0.1, -0.05) is 18.3 Å². The molecule has 0 saturated carbocycles. The summed E-state index contributed by atoms with van der Waals surface area (Å²) >= 11 is 1.31. The normalized spacial score (nSPS) is 14.2. The molecule has 0 fully saturated rings. The van der Waals surface area contributed by atoms with Gasteiger partial charge in [-0.3, -0.25) is 4.79 Å². The van der Waals surface area contributed by atoms with E-state index in [1.165, 1.54) is 11.3 Å². The van der Waals surface area contributed by atoms with Gasteiger partial charge in [-0.2, -0.15) is 0 Å². The number of nitrogens with one attached hydrogen (secondary N) is 1. The van der Waals surface area contributed by atoms with Gasteiger partial charge in [-0.05, 0) is 6.42 Å². The summed E-state index contributed by atoms with van der Waals surface area (Å²) in [6.07, 6.45) is 4.72. The van der Waals surface area contributed by atoms with Crippen LogP contribution < -0.4 is 5.32 Å². The van der Waals surface area contributed by atoms with E-state index in [2.05, 4.69) is 32.0 Å². The third-order valence-electron chi connectivity index (χ3n) is 3.17. The second kappa shape index (κ2) is 5.58. The number of aromatic nitrogens is 4. The number of hydrogen-bond donors (Lipinski definition) is 1. The van der Waals surface area contributed by atoms with Gasteiger partial charge in [-0.25, -0.2) is 4.98 Å². The Labute approximate surface area is 120 Å². The van der Waals surface area contributed by atoms with E-state index in [1.54, 1.807) is 11.1 Å². The lowest BCUT2D eigenvalue weighted by molar-refractivity contribution is 0.0706. The first-order valence-electron chi connectivity index (χ1n) is 6.64. The quantitative estimate of drug-likeness (QED) is 0.916. The monoisotopic (exact) mass is 292 g/mol. The summed E-state index contributed by atoms with van der Waals surface area (Å²) in [5, 5.41) is 12.2. The largest absolute Gasteiger partial charge is 0.360 e. The fraction of sp³-hybridized carbons (Fsp3) is 0.500. The molecular weight excluding hydrogens is 276 g/mol. The third-order valence-corrected chi connectivity index (χ3v) is 4.04. The smallest absolute Gasteiger partial charge is 0.285 e. The van der Waals surface area contributed by atoms with Gasteiger partial charge >= 0.3 is 0 Å². The topological polar surface area (TPSA) is 75.9 Å². The minimum Gasteiger partial charge on any atom is -0.360 e. The van der Waals surface area contributed by atoms with E-state index in [-0.39, 0.29) is 5.91 Å². The van der Waals surface area contributed by atoms with E-state index in [9.17, 15) is 4.79 Å². The lowest BCUT2D eigenvalue weighted by Gasteiger charge is -2.26. The van der Waals surface area contributed by atoms with Crippen LogP contribution in [-0.4, -0.2) is 43.6 Å². The molecule has 7 nitrogen and oxygen atoms in total. The number of carbonyl (C=O) groups is 1. The molecule has 3 heterocycles. The van der Waals surface area contributed by atoms with Gasteiger partial charge in [0.15, 0.2) is 0 Å². The number of anilines is 1. The van der Waals surface area contributed by atoms with Crippen LogP contribution in [-0.2, 0) is 13.1 Å². The van der Waals surface area contributed by atoms with Crippen molar-refractivity contribution in [1.82, 2.24) is 24.6 Å². The Balaban J connectivity index is 1.69. The van der Waals surface area contributed by atoms with Crippen LogP contribution in [0.2, 0.25) is 0 Å². The predicted molar refractivity (Wildman–Crippen MR) is 75.7 cm³/mol. The molecule has 0 aliphatic carbocycles. The molecule has 20 heavy (non-hydrogen) atoms. The second-order valence-electron chi connectivity index (χ2n) is 4.60. The number of nitrogens with zero attached hydrogens (tertiary/aromatic N) is 5. The van der Waals surface area contributed by atoms with Crippen molar-refractivity contribution in [2.24, 2.45) is 0 Å². The lowest BCUT2D eigenvalue weighted by atomic mass is 10.3. The van der Waals surface area contributed by atoms with Crippen LogP contribution >= 0.6 is 11.3 Å². The highest BCUT2D eigenvalue weighted by molar-refractivity contribution is 7.17. The summed E-state index contributed by atoms with van der Waals surface area (Å²) in [4.78, 5) is 18.4. The highest BCUT2D eigenvalue weighted by Gasteiger charge is 2.24. The number of rotatable bonds is 4. The van der Waals surface area contributed by atoms with Crippen molar-refractivity contribution in [1.29, 1.82) is 0 Å². The van der Waals surface area contributed by atoms with Gasteiger partial charge in [0.05, 0.1) is 6.54 Å². The Morgan fingerprint density at radius 3 is 3.20 bits per heavy atom. The molecule has 1 aliphatic heterocycles. The van der Waals surface area contributed by atoms with Crippen molar-refractivity contribution in [3.63, 3.8) is 0 Å². The van der Waals surface area contributed by atoms with E-state index in [1.807, 2.05) is 6.20 Å². The second-order valence-corrected chi connectivity index (χ2v) is 5.58. The Hall–Kier alpha value is -1.96. The van der Waals surface area contributed by atoms with Crippen LogP contribution in [0.25, 0.3) is 0 Å². The molecule has 0 aromatic carbocycles. The molecule has 1 aliphatic rings. The molecule has 3 rings (SSSR count). The first-order chi connectivity index (χ1) is 9.78. The van der Waals surface area contributed by atoms with Crippen LogP contribution in [0.3, 0.4) is 0 Å². The molecule has 8 heteroatoms. The number of carbonyl (C=O) groups excluding carboxylic acids is 1. The molecule has 1 N–H and O–H groups in total. The first kappa shape index (κ1) is 13.0. The van der Waals surface area contributed by atoms with Crippen LogP contribution in [0.5, 0.6) is 0 Å². The highest BCUT2D eigenvalue weighted by Crippen LogP contribution is 2.19. The van der Waals surface area contributed by atoms with Crippen LogP contribution in [0, 0.1) is 0 Å². The van der Waals surface area contributed by atoms with Crippen molar-refractivity contribution in [2.45, 2.75) is 26.4 Å². The Kier molecular flexibility index (Phi) is 3.64. The van der Waals surface area contributed by atoms with Gasteiger partial charge in [0.25, 0.3) is 5.91 Å². The summed E-state index contributed by atoms with van der Waals surface area (Å²) in [6, 6.07) is 0. The maximum absolute atomic E-state index is 12.4. The SMILES string of the molecule is CCCNc1nnc(C(=O)N2CCn3ccnc3C2)s1. The zero-order valence-electron chi connectivity index (χ0n) is 11.2. The number of amides is 1. The molecule has 2 aromatic heterocycles. The highest BCUT2D eigenvalue weighted by atomic mass is 32.1. The molecular formula is C12H16N6OS. The minimum absolute atomic E-state index is 0.0682. The van der Waals surface area contributed by atoms with Crippen molar-refractivity contribution in [2.75, 3.05) is 18.4 Å². The average Bonchev–Trinajstić information content (AvgIpc) is 3.12. The van der Waals surface area contributed by atoms with Gasteiger partial charge in [0, 0.05) is 32.0 Å². The Bertz CT molecular complexity index is 607. The summed E-state index contributed by atoms with van der Waals surface area (Å²) in [6.45, 7) is 4.91. The van der Waals surface area contributed by atoms with Crippen molar-refractivity contribution < 1.29 is 4.79 Å². The molecule has 0 unspecified atom stereocenters. The van der Waals surface area contributed by atoms with Gasteiger partial charge in [-0.15, -0.1) is 10.2 Å². The Morgan fingerprint density at radius 2 is 2.35 bits per heavy atom. The zero-order chi connectivity index (χ0) is 13.9. The summed E-state index contributed by atoms with van der Waals surface area (Å²) < 4.78 is 2.07. The zero-order valence-corrected chi connectivity index (χ0v) is 12.1. The molecule has 0 atom stereocenters. The van der Waals surface area contributed by atoms with Crippen LogP contribution in [0.1, 0.15) is 29.0 Å². The van der Waals surface area contributed by atoms with E-state index in [0.717, 1.165) is 25.3 Å². The van der Waals surface area contributed by atoms with E-state index in [4.69, 9.17) is 0 Å². The number of fused-ring (bicyclic) bond motifs is 1. The minimum atomic E-state index is -0.0682. The summed E-state index contributed by atoms with van der Waals surface area (Å²) in [5.41, 5.74) is 0. The lowest BCUT2D eigenvalue weighted by Crippen LogP contribution is -2.38. The third kappa shape index (κ3) is 2.51. The predicted octanol–water partition coefficient (Wildman–Crippen LogP) is 1.21. The molecule has 0 saturated heterocycles. The standard InChI is InChI=1S/C12H16N6OS/c1-2-3-14-12-16-15-10(20-12)11(19)18-7-6-17-5-4-13-9(17)8-18/h4-5H,2-3,6-8H2,1H3,(H,14,16). The molecule has 106 valence electrons. The Morgan fingerprint density at radius 1 is 1.45 bits per heavy atom. The van der Waals surface area contributed by atoms with Crippen LogP contribution in [0.15, 0.2) is 12.4 Å². The molecule has 0 spiro atoms. The van der Waals surface area contributed by atoms with E-state index in [0.29, 0.717) is 23.2 Å². The number of hydrogen-bond acceptors (Lipinski definition) is 6. The molecule has 0 bridgehead atoms. The number of imidazole rings is 1. The molecule has 2 aromatic rings. The molecule has 0 radical (unpaired) electrons. The molecule has 1 amide bonds. The maximum Gasteiger partial charge on any atom is 0.285 e. The maximum atomic E-state index is 12.4. The van der Waals surface area contributed by atoms with Crippen molar-refractivity contribution in [3.8, 4) is 0 Å². The van der Waals surface area contributed by atoms with Crippen molar-refractivity contribution in [3.05, 3.63) is 23.2 Å². The average molecular weight is 292 g/mol. The summed E-state index contributed by atoms with van der Waals surface area (Å²) in [7, 11) is 0.